The molecule has 30 heavy (non-hydrogen) atoms. The predicted molar refractivity (Wildman–Crippen MR) is 114 cm³/mol. The molecule has 2 heterocycles. The standard InChI is InChI=1S/C20H20ClN5O4/c21-16-6-3-13(10-17(16)26(29)30)4-8-19(27)24-15-5-7-18(23-11-15)25-9-1-2-14(12-25)20(22)28/h3-8,10-11,14H,1-2,9,12H2,(H2,22,28)(H,24,27)/b8-4+. The Labute approximate surface area is 177 Å². The summed E-state index contributed by atoms with van der Waals surface area (Å²) in [4.78, 5) is 40.2. The van der Waals surface area contributed by atoms with Gasteiger partial charge in [0.15, 0.2) is 0 Å². The number of nitrogens with two attached hydrogens (primary N) is 1. The second-order valence-corrected chi connectivity index (χ2v) is 7.29. The van der Waals surface area contributed by atoms with E-state index in [-0.39, 0.29) is 22.5 Å². The number of aromatic nitrogens is 1. The zero-order chi connectivity index (χ0) is 21.7. The number of carbonyl (C=O) groups is 2. The number of halogens is 1. The van der Waals surface area contributed by atoms with E-state index in [9.17, 15) is 19.7 Å². The van der Waals surface area contributed by atoms with Crippen LogP contribution in [0.5, 0.6) is 0 Å². The van der Waals surface area contributed by atoms with Gasteiger partial charge in [0.25, 0.3) is 5.69 Å². The van der Waals surface area contributed by atoms with E-state index in [1.165, 1.54) is 30.5 Å². The van der Waals surface area contributed by atoms with Gasteiger partial charge >= 0.3 is 0 Å². The maximum atomic E-state index is 12.1. The van der Waals surface area contributed by atoms with Gasteiger partial charge in [-0.3, -0.25) is 19.7 Å². The molecule has 0 radical (unpaired) electrons. The van der Waals surface area contributed by atoms with Crippen LogP contribution < -0.4 is 16.0 Å². The number of hydrogen-bond donors (Lipinski definition) is 2. The van der Waals surface area contributed by atoms with E-state index in [1.807, 2.05) is 4.90 Å². The fourth-order valence-electron chi connectivity index (χ4n) is 3.19. The van der Waals surface area contributed by atoms with Crippen LogP contribution in [0, 0.1) is 16.0 Å². The van der Waals surface area contributed by atoms with Gasteiger partial charge in [0.1, 0.15) is 10.8 Å². The molecule has 9 nitrogen and oxygen atoms in total. The first-order chi connectivity index (χ1) is 14.3. The quantitative estimate of drug-likeness (QED) is 0.412. The van der Waals surface area contributed by atoms with E-state index in [2.05, 4.69) is 10.3 Å². The van der Waals surface area contributed by atoms with E-state index in [1.54, 1.807) is 18.2 Å². The number of piperidine rings is 1. The number of anilines is 2. The number of nitro benzene ring substituents is 1. The van der Waals surface area contributed by atoms with E-state index in [0.29, 0.717) is 23.6 Å². The zero-order valence-corrected chi connectivity index (χ0v) is 16.7. The summed E-state index contributed by atoms with van der Waals surface area (Å²) >= 11 is 5.78. The SMILES string of the molecule is NC(=O)C1CCCN(c2ccc(NC(=O)/C=C/c3ccc(Cl)c([N+](=O)[O-])c3)cn2)C1. The van der Waals surface area contributed by atoms with Crippen LogP contribution in [0.15, 0.2) is 42.6 Å². The van der Waals surface area contributed by atoms with Crippen molar-refractivity contribution < 1.29 is 14.5 Å². The fourth-order valence-corrected chi connectivity index (χ4v) is 3.38. The lowest BCUT2D eigenvalue weighted by Crippen LogP contribution is -2.41. The third kappa shape index (κ3) is 5.32. The molecular weight excluding hydrogens is 410 g/mol. The Bertz CT molecular complexity index is 993. The Morgan fingerprint density at radius 2 is 2.13 bits per heavy atom. The predicted octanol–water partition coefficient (Wildman–Crippen LogP) is 3.00. The van der Waals surface area contributed by atoms with E-state index in [4.69, 9.17) is 17.3 Å². The highest BCUT2D eigenvalue weighted by Crippen LogP contribution is 2.26. The maximum absolute atomic E-state index is 12.1. The number of primary amides is 1. The number of nitrogens with zero attached hydrogens (tertiary/aromatic N) is 3. The molecule has 0 saturated carbocycles. The summed E-state index contributed by atoms with van der Waals surface area (Å²) in [6, 6.07) is 7.76. The molecule has 3 N–H and O–H groups in total. The lowest BCUT2D eigenvalue weighted by atomic mass is 9.97. The largest absolute Gasteiger partial charge is 0.369 e. The molecule has 1 unspecified atom stereocenters. The molecule has 1 aliphatic rings. The number of benzene rings is 1. The van der Waals surface area contributed by atoms with E-state index < -0.39 is 10.8 Å². The molecule has 2 aromatic rings. The van der Waals surface area contributed by atoms with Gasteiger partial charge in [-0.15, -0.1) is 0 Å². The van der Waals surface area contributed by atoms with Crippen LogP contribution in [-0.4, -0.2) is 34.8 Å². The Morgan fingerprint density at radius 1 is 1.33 bits per heavy atom. The summed E-state index contributed by atoms with van der Waals surface area (Å²) in [5, 5.41) is 13.6. The summed E-state index contributed by atoms with van der Waals surface area (Å²) in [7, 11) is 0. The molecule has 1 aliphatic heterocycles. The number of hydrogen-bond acceptors (Lipinski definition) is 6. The highest BCUT2D eigenvalue weighted by molar-refractivity contribution is 6.32. The number of pyridine rings is 1. The lowest BCUT2D eigenvalue weighted by Gasteiger charge is -2.32. The monoisotopic (exact) mass is 429 g/mol. The van der Waals surface area contributed by atoms with Crippen molar-refractivity contribution >= 4 is 46.7 Å². The van der Waals surface area contributed by atoms with Crippen molar-refractivity contribution in [1.29, 1.82) is 0 Å². The first-order valence-electron chi connectivity index (χ1n) is 9.27. The maximum Gasteiger partial charge on any atom is 0.288 e. The summed E-state index contributed by atoms with van der Waals surface area (Å²) in [5.74, 6) is -0.188. The Morgan fingerprint density at radius 3 is 2.80 bits per heavy atom. The summed E-state index contributed by atoms with van der Waals surface area (Å²) < 4.78 is 0. The van der Waals surface area contributed by atoms with Gasteiger partial charge in [-0.25, -0.2) is 4.98 Å². The molecule has 3 rings (SSSR count). The van der Waals surface area contributed by atoms with Crippen LogP contribution in [0.25, 0.3) is 6.08 Å². The van der Waals surface area contributed by atoms with Crippen LogP contribution in [0.1, 0.15) is 18.4 Å². The van der Waals surface area contributed by atoms with Gasteiger partial charge in [-0.1, -0.05) is 17.7 Å². The normalized spacial score (nSPS) is 16.4. The number of carbonyl (C=O) groups excluding carboxylic acids is 2. The minimum Gasteiger partial charge on any atom is -0.369 e. The smallest absolute Gasteiger partial charge is 0.288 e. The Hall–Kier alpha value is -3.46. The van der Waals surface area contributed by atoms with Gasteiger partial charge in [0, 0.05) is 25.2 Å². The minimum absolute atomic E-state index is 0.0311. The third-order valence-corrected chi connectivity index (χ3v) is 5.08. The zero-order valence-electron chi connectivity index (χ0n) is 16.0. The molecule has 156 valence electrons. The molecule has 1 fully saturated rings. The average Bonchev–Trinajstić information content (AvgIpc) is 2.73. The molecule has 0 aliphatic carbocycles. The third-order valence-electron chi connectivity index (χ3n) is 4.76. The van der Waals surface area contributed by atoms with E-state index in [0.717, 1.165) is 19.4 Å². The molecule has 1 atom stereocenters. The first kappa shape index (κ1) is 21.3. The number of nitrogens with one attached hydrogen (secondary N) is 1. The lowest BCUT2D eigenvalue weighted by molar-refractivity contribution is -0.384. The van der Waals surface area contributed by atoms with Crippen LogP contribution in [0.2, 0.25) is 5.02 Å². The summed E-state index contributed by atoms with van der Waals surface area (Å²) in [6.07, 6.45) is 5.90. The molecule has 1 aromatic carbocycles. The molecule has 0 bridgehead atoms. The second-order valence-electron chi connectivity index (χ2n) is 6.88. The number of nitro groups is 1. The van der Waals surface area contributed by atoms with Gasteiger partial charge in [-0.05, 0) is 42.7 Å². The molecule has 1 saturated heterocycles. The van der Waals surface area contributed by atoms with Crippen LogP contribution in [0.4, 0.5) is 17.2 Å². The van der Waals surface area contributed by atoms with Gasteiger partial charge in [0.2, 0.25) is 11.8 Å². The fraction of sp³-hybridized carbons (Fsp3) is 0.250. The first-order valence-corrected chi connectivity index (χ1v) is 9.64. The molecule has 0 spiro atoms. The highest BCUT2D eigenvalue weighted by Gasteiger charge is 2.24. The molecular formula is C20H20ClN5O4. The van der Waals surface area contributed by atoms with Crippen LogP contribution >= 0.6 is 11.6 Å². The van der Waals surface area contributed by atoms with Crippen molar-refractivity contribution in [3.05, 3.63) is 63.3 Å². The minimum atomic E-state index is -0.582. The van der Waals surface area contributed by atoms with Crippen molar-refractivity contribution in [2.75, 3.05) is 23.3 Å². The van der Waals surface area contributed by atoms with Gasteiger partial charge in [-0.2, -0.15) is 0 Å². The summed E-state index contributed by atoms with van der Waals surface area (Å²) in [6.45, 7) is 1.32. The van der Waals surface area contributed by atoms with Crippen molar-refractivity contribution in [1.82, 2.24) is 4.98 Å². The van der Waals surface area contributed by atoms with Gasteiger partial charge in [0.05, 0.1) is 22.7 Å². The van der Waals surface area contributed by atoms with Crippen molar-refractivity contribution in [2.24, 2.45) is 11.7 Å². The summed E-state index contributed by atoms with van der Waals surface area (Å²) in [5.41, 5.74) is 6.16. The Kier molecular flexibility index (Phi) is 6.63. The van der Waals surface area contributed by atoms with Crippen LogP contribution in [0.3, 0.4) is 0 Å². The number of rotatable bonds is 6. The van der Waals surface area contributed by atoms with Crippen LogP contribution in [-0.2, 0) is 9.59 Å². The highest BCUT2D eigenvalue weighted by atomic mass is 35.5. The topological polar surface area (TPSA) is 131 Å². The number of amides is 2. The van der Waals surface area contributed by atoms with Gasteiger partial charge < -0.3 is 16.0 Å². The van der Waals surface area contributed by atoms with Crippen molar-refractivity contribution in [3.63, 3.8) is 0 Å². The molecule has 1 aromatic heterocycles. The van der Waals surface area contributed by atoms with E-state index >= 15 is 0 Å². The average molecular weight is 430 g/mol. The van der Waals surface area contributed by atoms with Crippen molar-refractivity contribution in [3.8, 4) is 0 Å². The molecule has 10 heteroatoms. The molecule has 2 amide bonds. The second kappa shape index (κ2) is 9.36. The van der Waals surface area contributed by atoms with Crippen molar-refractivity contribution in [2.45, 2.75) is 12.8 Å². The Balaban J connectivity index is 1.61.